The summed E-state index contributed by atoms with van der Waals surface area (Å²) in [6.07, 6.45) is 2.79. The van der Waals surface area contributed by atoms with Gasteiger partial charge in [-0.3, -0.25) is 0 Å². The number of anilines is 1. The third kappa shape index (κ3) is 5.14. The summed E-state index contributed by atoms with van der Waals surface area (Å²) in [5.74, 6) is 1.43. The van der Waals surface area contributed by atoms with Crippen molar-refractivity contribution in [3.8, 4) is 0 Å². The third-order valence-electron chi connectivity index (χ3n) is 1.96. The lowest BCUT2D eigenvalue weighted by Gasteiger charge is -2.08. The van der Waals surface area contributed by atoms with Crippen molar-refractivity contribution in [3.05, 3.63) is 22.3 Å². The van der Waals surface area contributed by atoms with Crippen LogP contribution in [-0.4, -0.2) is 30.6 Å². The van der Waals surface area contributed by atoms with Gasteiger partial charge in [-0.15, -0.1) is 11.6 Å². The smallest absolute Gasteiger partial charge is 0.140 e. The van der Waals surface area contributed by atoms with E-state index in [4.69, 9.17) is 16.3 Å². The quantitative estimate of drug-likeness (QED) is 0.620. The third-order valence-corrected chi connectivity index (χ3v) is 2.72. The maximum Gasteiger partial charge on any atom is 0.140 e. The summed E-state index contributed by atoms with van der Waals surface area (Å²) in [6, 6.07) is 2.04. The maximum absolute atomic E-state index is 5.49. The summed E-state index contributed by atoms with van der Waals surface area (Å²) >= 11 is 8.96. The van der Waals surface area contributed by atoms with E-state index in [1.54, 1.807) is 0 Å². The lowest BCUT2D eigenvalue weighted by Crippen LogP contribution is -2.08. The molecule has 1 N–H and O–H groups in total. The van der Waals surface area contributed by atoms with E-state index in [-0.39, 0.29) is 0 Å². The number of ether oxygens (including phenoxy) is 1. The molecule has 1 aromatic rings. The first-order valence-electron chi connectivity index (χ1n) is 5.23. The van der Waals surface area contributed by atoms with Crippen molar-refractivity contribution in [1.29, 1.82) is 0 Å². The van der Waals surface area contributed by atoms with Gasteiger partial charge in [-0.1, -0.05) is 0 Å². The molecule has 0 aliphatic carbocycles. The predicted octanol–water partition coefficient (Wildman–Crippen LogP) is 3.21. The highest BCUT2D eigenvalue weighted by atomic mass is 79.9. The molecule has 0 radical (unpaired) electrons. The van der Waals surface area contributed by atoms with Crippen molar-refractivity contribution >= 4 is 33.3 Å². The summed E-state index contributed by atoms with van der Waals surface area (Å²) < 4.78 is 6.26. The molecule has 0 unspecified atom stereocenters. The zero-order valence-corrected chi connectivity index (χ0v) is 11.6. The van der Waals surface area contributed by atoms with Crippen LogP contribution in [0.4, 0.5) is 5.82 Å². The van der Waals surface area contributed by atoms with E-state index in [9.17, 15) is 0 Å². The number of nitrogens with one attached hydrogen (secondary N) is 1. The van der Waals surface area contributed by atoms with Crippen LogP contribution in [0.2, 0.25) is 0 Å². The molecule has 16 heavy (non-hydrogen) atoms. The van der Waals surface area contributed by atoms with Gasteiger partial charge in [0.15, 0.2) is 0 Å². The van der Waals surface area contributed by atoms with Gasteiger partial charge >= 0.3 is 0 Å². The van der Waals surface area contributed by atoms with Crippen LogP contribution in [0.25, 0.3) is 0 Å². The summed E-state index contributed by atoms with van der Waals surface area (Å²) in [5.41, 5.74) is 1.14. The molecule has 0 saturated heterocycles. The van der Waals surface area contributed by atoms with Crippen LogP contribution in [0.1, 0.15) is 12.0 Å². The minimum atomic E-state index is 0.554. The fourth-order valence-electron chi connectivity index (χ4n) is 1.20. The number of alkyl halides is 1. The Kier molecular flexibility index (Phi) is 6.76. The Labute approximate surface area is 110 Å². The van der Waals surface area contributed by atoms with E-state index in [1.807, 2.05) is 19.2 Å². The molecule has 1 heterocycles. The van der Waals surface area contributed by atoms with Gasteiger partial charge in [-0.25, -0.2) is 4.98 Å². The van der Waals surface area contributed by atoms with E-state index in [2.05, 4.69) is 26.2 Å². The first kappa shape index (κ1) is 13.7. The molecule has 3 nitrogen and oxygen atoms in total. The van der Waals surface area contributed by atoms with Gasteiger partial charge in [0.25, 0.3) is 0 Å². The molecule has 5 heteroatoms. The standard InChI is InChI=1S/C11H16BrClN2O/c1-9-7-10(12)11(15-8-9)14-4-2-5-16-6-3-13/h7-8H,2-6H2,1H3,(H,14,15). The molecule has 0 amide bonds. The van der Waals surface area contributed by atoms with E-state index in [0.29, 0.717) is 12.5 Å². The van der Waals surface area contributed by atoms with Gasteiger partial charge in [0.05, 0.1) is 11.1 Å². The average molecular weight is 308 g/mol. The maximum atomic E-state index is 5.49. The molecule has 0 aromatic carbocycles. The highest BCUT2D eigenvalue weighted by molar-refractivity contribution is 9.10. The summed E-state index contributed by atoms with van der Waals surface area (Å²) in [4.78, 5) is 4.29. The van der Waals surface area contributed by atoms with E-state index >= 15 is 0 Å². The molecular weight excluding hydrogens is 291 g/mol. The minimum absolute atomic E-state index is 0.554. The highest BCUT2D eigenvalue weighted by Gasteiger charge is 2.00. The Morgan fingerprint density at radius 3 is 3.00 bits per heavy atom. The number of nitrogens with zero attached hydrogens (tertiary/aromatic N) is 1. The Balaban J connectivity index is 2.21. The SMILES string of the molecule is Cc1cnc(NCCCOCCCl)c(Br)c1. The summed E-state index contributed by atoms with van der Waals surface area (Å²) in [7, 11) is 0. The molecule has 0 fully saturated rings. The second kappa shape index (κ2) is 7.87. The summed E-state index contributed by atoms with van der Waals surface area (Å²) in [5, 5.41) is 3.25. The minimum Gasteiger partial charge on any atom is -0.380 e. The number of pyridine rings is 1. The second-order valence-electron chi connectivity index (χ2n) is 3.42. The van der Waals surface area contributed by atoms with Crippen molar-refractivity contribution < 1.29 is 4.74 Å². The van der Waals surface area contributed by atoms with Crippen LogP contribution >= 0.6 is 27.5 Å². The predicted molar refractivity (Wildman–Crippen MR) is 71.3 cm³/mol. The first-order chi connectivity index (χ1) is 7.74. The zero-order chi connectivity index (χ0) is 11.8. The normalized spacial score (nSPS) is 10.4. The largest absolute Gasteiger partial charge is 0.380 e. The molecule has 0 atom stereocenters. The number of hydrogen-bond acceptors (Lipinski definition) is 3. The van der Waals surface area contributed by atoms with Crippen LogP contribution in [0.3, 0.4) is 0 Å². The Hall–Kier alpha value is -0.320. The molecule has 0 aliphatic rings. The van der Waals surface area contributed by atoms with Crippen LogP contribution in [-0.2, 0) is 4.74 Å². The van der Waals surface area contributed by atoms with Crippen LogP contribution in [0.15, 0.2) is 16.7 Å². The van der Waals surface area contributed by atoms with Crippen LogP contribution in [0.5, 0.6) is 0 Å². The number of aryl methyl sites for hydroxylation is 1. The molecule has 90 valence electrons. The second-order valence-corrected chi connectivity index (χ2v) is 4.66. The van der Waals surface area contributed by atoms with Gasteiger partial charge in [0, 0.05) is 25.2 Å². The Morgan fingerprint density at radius 1 is 1.50 bits per heavy atom. The molecule has 0 aliphatic heterocycles. The van der Waals surface area contributed by atoms with Gasteiger partial charge < -0.3 is 10.1 Å². The van der Waals surface area contributed by atoms with Gasteiger partial charge in [-0.05, 0) is 40.9 Å². The Bertz CT molecular complexity index is 323. The number of aromatic nitrogens is 1. The van der Waals surface area contributed by atoms with Crippen molar-refractivity contribution in [3.63, 3.8) is 0 Å². The molecule has 0 saturated carbocycles. The average Bonchev–Trinajstić information content (AvgIpc) is 2.26. The van der Waals surface area contributed by atoms with Crippen LogP contribution in [0, 0.1) is 6.92 Å². The number of hydrogen-bond donors (Lipinski definition) is 1. The molecular formula is C11H16BrClN2O. The summed E-state index contributed by atoms with van der Waals surface area (Å²) in [6.45, 7) is 4.20. The van der Waals surface area contributed by atoms with Gasteiger partial charge in [0.2, 0.25) is 0 Å². The van der Waals surface area contributed by atoms with Crippen molar-refractivity contribution in [2.24, 2.45) is 0 Å². The molecule has 0 spiro atoms. The first-order valence-corrected chi connectivity index (χ1v) is 6.56. The zero-order valence-electron chi connectivity index (χ0n) is 9.30. The van der Waals surface area contributed by atoms with Gasteiger partial charge in [0.1, 0.15) is 5.82 Å². The van der Waals surface area contributed by atoms with Crippen molar-refractivity contribution in [2.75, 3.05) is 31.0 Å². The number of rotatable bonds is 7. The highest BCUT2D eigenvalue weighted by Crippen LogP contribution is 2.20. The van der Waals surface area contributed by atoms with E-state index < -0.39 is 0 Å². The van der Waals surface area contributed by atoms with Crippen molar-refractivity contribution in [2.45, 2.75) is 13.3 Å². The topological polar surface area (TPSA) is 34.2 Å². The lowest BCUT2D eigenvalue weighted by atomic mass is 10.3. The fourth-order valence-corrected chi connectivity index (χ4v) is 1.91. The monoisotopic (exact) mass is 306 g/mol. The van der Waals surface area contributed by atoms with Crippen molar-refractivity contribution in [1.82, 2.24) is 4.98 Å². The van der Waals surface area contributed by atoms with Crippen LogP contribution < -0.4 is 5.32 Å². The van der Waals surface area contributed by atoms with E-state index in [0.717, 1.165) is 35.4 Å². The lowest BCUT2D eigenvalue weighted by molar-refractivity contribution is 0.149. The van der Waals surface area contributed by atoms with Gasteiger partial charge in [-0.2, -0.15) is 0 Å². The van der Waals surface area contributed by atoms with E-state index in [1.165, 1.54) is 0 Å². The molecule has 1 aromatic heterocycles. The number of halogens is 2. The molecule has 0 bridgehead atoms. The molecule has 1 rings (SSSR count). The Morgan fingerprint density at radius 2 is 2.31 bits per heavy atom. The fraction of sp³-hybridized carbons (Fsp3) is 0.545.